The van der Waals surface area contributed by atoms with Crippen LogP contribution in [0, 0.1) is 23.7 Å². The second-order valence-electron chi connectivity index (χ2n) is 11.2. The largest absolute Gasteiger partial charge is 0.444 e. The van der Waals surface area contributed by atoms with Gasteiger partial charge in [0.05, 0.1) is 0 Å². The van der Waals surface area contributed by atoms with Crippen molar-refractivity contribution in [1.82, 2.24) is 4.90 Å². The minimum absolute atomic E-state index is 0.125. The third kappa shape index (κ3) is 6.10. The summed E-state index contributed by atoms with van der Waals surface area (Å²) in [6.45, 7) is 10.9. The van der Waals surface area contributed by atoms with Crippen molar-refractivity contribution in [2.45, 2.75) is 110 Å². The molecular weight excluding hydrogens is 336 g/mol. The standard InChI is InChI=1S/C23H42N2O2/c1-22(2,3)27-21(26)25-15-16(14-23(25,4)5)6-11-19(24)12-13-20(17-7-8-17)18-9-10-18/h16-20H,6-15,24H2,1-5H3/t16-,19?/m0/s1. The van der Waals surface area contributed by atoms with Gasteiger partial charge in [-0.1, -0.05) is 0 Å². The summed E-state index contributed by atoms with van der Waals surface area (Å²) in [5.41, 5.74) is 5.92. The van der Waals surface area contributed by atoms with Gasteiger partial charge in [0.1, 0.15) is 5.60 Å². The van der Waals surface area contributed by atoms with Gasteiger partial charge in [0, 0.05) is 18.1 Å². The quantitative estimate of drug-likeness (QED) is 0.620. The summed E-state index contributed by atoms with van der Waals surface area (Å²) in [4.78, 5) is 14.5. The lowest BCUT2D eigenvalue weighted by molar-refractivity contribution is 0.0131. The first-order valence-corrected chi connectivity index (χ1v) is 11.3. The van der Waals surface area contributed by atoms with Crippen LogP contribution in [0.15, 0.2) is 0 Å². The molecule has 156 valence electrons. The van der Waals surface area contributed by atoms with Crippen LogP contribution < -0.4 is 5.73 Å². The SMILES string of the molecule is CC(C)(C)OC(=O)N1C[C@@H](CCC(N)CCC(C2CC2)C2CC2)CC1(C)C. The molecule has 4 heteroatoms. The zero-order valence-corrected chi connectivity index (χ0v) is 18.3. The van der Waals surface area contributed by atoms with E-state index in [1.807, 2.05) is 25.7 Å². The molecule has 3 fully saturated rings. The zero-order valence-electron chi connectivity index (χ0n) is 18.3. The van der Waals surface area contributed by atoms with E-state index in [4.69, 9.17) is 10.5 Å². The minimum Gasteiger partial charge on any atom is -0.444 e. The highest BCUT2D eigenvalue weighted by molar-refractivity contribution is 5.69. The number of ether oxygens (including phenoxy) is 1. The Morgan fingerprint density at radius 1 is 1.11 bits per heavy atom. The highest BCUT2D eigenvalue weighted by Crippen LogP contribution is 2.51. The van der Waals surface area contributed by atoms with E-state index in [-0.39, 0.29) is 11.6 Å². The van der Waals surface area contributed by atoms with E-state index in [9.17, 15) is 4.79 Å². The number of likely N-dealkylation sites (tertiary alicyclic amines) is 1. The Labute approximate surface area is 166 Å². The van der Waals surface area contributed by atoms with Crippen molar-refractivity contribution in [3.8, 4) is 0 Å². The van der Waals surface area contributed by atoms with Gasteiger partial charge in [-0.3, -0.25) is 0 Å². The molecule has 1 unspecified atom stereocenters. The third-order valence-corrected chi connectivity index (χ3v) is 6.85. The summed E-state index contributed by atoms with van der Waals surface area (Å²) in [5, 5.41) is 0. The third-order valence-electron chi connectivity index (χ3n) is 6.85. The Morgan fingerprint density at radius 3 is 2.22 bits per heavy atom. The summed E-state index contributed by atoms with van der Waals surface area (Å²) in [6.07, 6.45) is 11.5. The Hall–Kier alpha value is -0.770. The van der Waals surface area contributed by atoms with Crippen LogP contribution in [0.2, 0.25) is 0 Å². The number of nitrogens with two attached hydrogens (primary N) is 1. The zero-order chi connectivity index (χ0) is 19.8. The second-order valence-corrected chi connectivity index (χ2v) is 11.2. The van der Waals surface area contributed by atoms with Gasteiger partial charge in [-0.05, 0) is 116 Å². The van der Waals surface area contributed by atoms with Gasteiger partial charge in [-0.15, -0.1) is 0 Å². The summed E-state index contributed by atoms with van der Waals surface area (Å²) in [5.74, 6) is 3.58. The Kier molecular flexibility index (Phi) is 6.15. The Bertz CT molecular complexity index is 505. The number of nitrogens with zero attached hydrogens (tertiary/aromatic N) is 1. The molecule has 0 aromatic carbocycles. The molecule has 4 nitrogen and oxygen atoms in total. The molecule has 2 aliphatic carbocycles. The average Bonchev–Trinajstić information content (AvgIpc) is 3.42. The van der Waals surface area contributed by atoms with Crippen molar-refractivity contribution in [2.75, 3.05) is 6.54 Å². The van der Waals surface area contributed by atoms with Gasteiger partial charge in [0.15, 0.2) is 0 Å². The highest BCUT2D eigenvalue weighted by Gasteiger charge is 2.43. The van der Waals surface area contributed by atoms with E-state index in [2.05, 4.69) is 13.8 Å². The lowest BCUT2D eigenvalue weighted by Crippen LogP contribution is -2.45. The highest BCUT2D eigenvalue weighted by atomic mass is 16.6. The van der Waals surface area contributed by atoms with Crippen LogP contribution in [-0.2, 0) is 4.74 Å². The summed E-state index contributed by atoms with van der Waals surface area (Å²) in [7, 11) is 0. The number of rotatable bonds is 8. The average molecular weight is 379 g/mol. The van der Waals surface area contributed by atoms with Gasteiger partial charge in [-0.25, -0.2) is 4.79 Å². The van der Waals surface area contributed by atoms with Crippen LogP contribution in [-0.4, -0.2) is 34.7 Å². The van der Waals surface area contributed by atoms with Crippen LogP contribution in [0.5, 0.6) is 0 Å². The molecule has 3 rings (SSSR count). The van der Waals surface area contributed by atoms with E-state index in [0.717, 1.165) is 43.6 Å². The fraction of sp³-hybridized carbons (Fsp3) is 0.957. The molecule has 2 saturated carbocycles. The molecule has 1 amide bonds. The molecular formula is C23H42N2O2. The lowest BCUT2D eigenvalue weighted by Gasteiger charge is -2.33. The van der Waals surface area contributed by atoms with E-state index in [1.165, 1.54) is 38.5 Å². The van der Waals surface area contributed by atoms with Crippen LogP contribution in [0.25, 0.3) is 0 Å². The predicted octanol–water partition coefficient (Wildman–Crippen LogP) is 5.35. The fourth-order valence-electron chi connectivity index (χ4n) is 5.12. The molecule has 1 heterocycles. The molecule has 1 saturated heterocycles. The van der Waals surface area contributed by atoms with Crippen molar-refractivity contribution in [1.29, 1.82) is 0 Å². The number of amides is 1. The summed E-state index contributed by atoms with van der Waals surface area (Å²) >= 11 is 0. The molecule has 2 N–H and O–H groups in total. The maximum absolute atomic E-state index is 12.6. The normalized spacial score (nSPS) is 26.5. The van der Waals surface area contributed by atoms with Crippen LogP contribution in [0.1, 0.15) is 92.4 Å². The van der Waals surface area contributed by atoms with Crippen LogP contribution in [0.4, 0.5) is 4.79 Å². The van der Waals surface area contributed by atoms with Crippen molar-refractivity contribution in [3.63, 3.8) is 0 Å². The molecule has 1 aliphatic heterocycles. The van der Waals surface area contributed by atoms with E-state index >= 15 is 0 Å². The second kappa shape index (κ2) is 7.93. The molecule has 3 aliphatic rings. The topological polar surface area (TPSA) is 55.6 Å². The fourth-order valence-corrected chi connectivity index (χ4v) is 5.12. The smallest absolute Gasteiger partial charge is 0.410 e. The van der Waals surface area contributed by atoms with Gasteiger partial charge in [0.2, 0.25) is 0 Å². The van der Waals surface area contributed by atoms with Crippen molar-refractivity contribution < 1.29 is 9.53 Å². The Morgan fingerprint density at radius 2 is 1.70 bits per heavy atom. The maximum atomic E-state index is 12.6. The van der Waals surface area contributed by atoms with Crippen molar-refractivity contribution in [2.24, 2.45) is 29.4 Å². The van der Waals surface area contributed by atoms with Crippen LogP contribution in [0.3, 0.4) is 0 Å². The van der Waals surface area contributed by atoms with E-state index in [0.29, 0.717) is 12.0 Å². The molecule has 0 aromatic rings. The summed E-state index contributed by atoms with van der Waals surface area (Å²) < 4.78 is 5.61. The first-order chi connectivity index (χ1) is 12.5. The first-order valence-electron chi connectivity index (χ1n) is 11.3. The van der Waals surface area contributed by atoms with Gasteiger partial charge >= 0.3 is 6.09 Å². The predicted molar refractivity (Wildman–Crippen MR) is 111 cm³/mol. The molecule has 0 radical (unpaired) electrons. The molecule has 2 atom stereocenters. The summed E-state index contributed by atoms with van der Waals surface area (Å²) in [6, 6.07) is 0.323. The van der Waals surface area contributed by atoms with Crippen molar-refractivity contribution >= 4 is 6.09 Å². The maximum Gasteiger partial charge on any atom is 0.410 e. The monoisotopic (exact) mass is 378 g/mol. The number of hydrogen-bond acceptors (Lipinski definition) is 3. The molecule has 0 bridgehead atoms. The number of carbonyl (C=O) groups is 1. The lowest BCUT2D eigenvalue weighted by atomic mass is 9.88. The molecule has 0 aromatic heterocycles. The van der Waals surface area contributed by atoms with Gasteiger partial charge < -0.3 is 15.4 Å². The first kappa shape index (κ1) is 21.0. The van der Waals surface area contributed by atoms with Crippen LogP contribution >= 0.6 is 0 Å². The Balaban J connectivity index is 1.40. The molecule has 27 heavy (non-hydrogen) atoms. The van der Waals surface area contributed by atoms with E-state index < -0.39 is 5.60 Å². The van der Waals surface area contributed by atoms with Gasteiger partial charge in [-0.2, -0.15) is 0 Å². The minimum atomic E-state index is -0.437. The van der Waals surface area contributed by atoms with Gasteiger partial charge in [0.25, 0.3) is 0 Å². The van der Waals surface area contributed by atoms with Crippen molar-refractivity contribution in [3.05, 3.63) is 0 Å². The molecule has 0 spiro atoms. The number of carbonyl (C=O) groups excluding carboxylic acids is 1. The van der Waals surface area contributed by atoms with E-state index in [1.54, 1.807) is 0 Å². The number of hydrogen-bond donors (Lipinski definition) is 1.